The molecule has 0 radical (unpaired) electrons. The van der Waals surface area contributed by atoms with Crippen LogP contribution in [0.15, 0.2) is 60.5 Å². The maximum Gasteiger partial charge on any atom is 0.408 e. The summed E-state index contributed by atoms with van der Waals surface area (Å²) in [6.07, 6.45) is 10.7. The molecule has 0 aliphatic carbocycles. The summed E-state index contributed by atoms with van der Waals surface area (Å²) < 4.78 is 17.3. The Morgan fingerprint density at radius 1 is 1.31 bits per heavy atom. The van der Waals surface area contributed by atoms with Gasteiger partial charge in [-0.2, -0.15) is 0 Å². The molecule has 1 aromatic rings. The molecule has 10 nitrogen and oxygen atoms in total. The van der Waals surface area contributed by atoms with Gasteiger partial charge in [0.2, 0.25) is 0 Å². The number of aliphatic hydroxyl groups excluding tert-OH is 2. The van der Waals surface area contributed by atoms with Crippen LogP contribution >= 0.6 is 0 Å². The van der Waals surface area contributed by atoms with Crippen LogP contribution in [0.2, 0.25) is 0 Å². The highest BCUT2D eigenvalue weighted by atomic mass is 16.6. The van der Waals surface area contributed by atoms with Crippen LogP contribution in [0.4, 0.5) is 4.79 Å². The number of nitrogens with zero attached hydrogens (tertiary/aromatic N) is 1. The number of pyridine rings is 1. The molecule has 4 N–H and O–H groups in total. The summed E-state index contributed by atoms with van der Waals surface area (Å²) in [5.74, 6) is -0.510. The number of aliphatic hydroxyl groups is 3. The van der Waals surface area contributed by atoms with Gasteiger partial charge in [-0.15, -0.1) is 0 Å². The molecule has 10 unspecified atom stereocenters. The van der Waals surface area contributed by atoms with Crippen LogP contribution in [-0.2, 0) is 25.5 Å². The van der Waals surface area contributed by atoms with Gasteiger partial charge in [-0.05, 0) is 68.7 Å². The lowest BCUT2D eigenvalue weighted by atomic mass is 9.88. The number of amides is 1. The third-order valence-corrected chi connectivity index (χ3v) is 8.73. The number of hydrogen-bond donors (Lipinski definition) is 4. The van der Waals surface area contributed by atoms with E-state index in [9.17, 15) is 24.9 Å². The molecule has 1 fully saturated rings. The number of carbonyl (C=O) groups is 2. The second kappa shape index (κ2) is 17.0. The van der Waals surface area contributed by atoms with E-state index in [2.05, 4.69) is 23.3 Å². The normalized spacial score (nSPS) is 32.4. The van der Waals surface area contributed by atoms with Crippen molar-refractivity contribution in [1.82, 2.24) is 10.3 Å². The molecule has 3 heterocycles. The highest BCUT2D eigenvalue weighted by molar-refractivity contribution is 5.70. The number of allylic oxidation sites excluding steroid dienone is 3. The van der Waals surface area contributed by atoms with Crippen molar-refractivity contribution < 1.29 is 39.1 Å². The van der Waals surface area contributed by atoms with E-state index in [0.29, 0.717) is 6.42 Å². The standard InChI is InChI=1S/C35H52N2O8/c1-7-28(39)25(5)33-29(43-33)18-22(2)10-8-11-23(3)32-24(4)13-14-30(35(6,42)16-15-27(38)19-31(40)45-32)44-34(41)37-21-26-12-9-17-36-20-26/h8-14,17,20,22,24-25,27-30,32-33,38-39,42H,7,15-16,18-19,21H2,1-6H3,(H,37,41)/b10-8+,14-13+,23-11+. The quantitative estimate of drug-likeness (QED) is 0.117. The lowest BCUT2D eigenvalue weighted by Crippen LogP contribution is -2.44. The molecule has 45 heavy (non-hydrogen) atoms. The maximum absolute atomic E-state index is 12.8. The van der Waals surface area contributed by atoms with Crippen molar-refractivity contribution in [3.8, 4) is 0 Å². The first kappa shape index (κ1) is 36.4. The molecule has 0 aromatic carbocycles. The molecule has 3 rings (SSSR count). The van der Waals surface area contributed by atoms with Crippen molar-refractivity contribution in [3.05, 3.63) is 66.0 Å². The molecule has 0 spiro atoms. The Morgan fingerprint density at radius 2 is 2.07 bits per heavy atom. The Bertz CT molecular complexity index is 1180. The van der Waals surface area contributed by atoms with Crippen molar-refractivity contribution in [2.24, 2.45) is 17.8 Å². The van der Waals surface area contributed by atoms with E-state index in [1.807, 2.05) is 45.9 Å². The summed E-state index contributed by atoms with van der Waals surface area (Å²) in [5.41, 5.74) is 0.102. The molecule has 1 saturated heterocycles. The number of rotatable bonds is 11. The average molecular weight is 629 g/mol. The van der Waals surface area contributed by atoms with Crippen molar-refractivity contribution in [3.63, 3.8) is 0 Å². The first-order valence-electron chi connectivity index (χ1n) is 16.1. The van der Waals surface area contributed by atoms with Crippen molar-refractivity contribution in [1.29, 1.82) is 0 Å². The van der Waals surface area contributed by atoms with Crippen LogP contribution in [0.25, 0.3) is 0 Å². The minimum absolute atomic E-state index is 0.0903. The van der Waals surface area contributed by atoms with E-state index in [-0.39, 0.29) is 61.9 Å². The lowest BCUT2D eigenvalue weighted by molar-refractivity contribution is -0.151. The Morgan fingerprint density at radius 3 is 2.76 bits per heavy atom. The SMILES string of the molecule is CCC(O)C(C)C1OC1CC(C)/C=C/C=C(\C)C1OC(=O)CC(O)CCC(C)(O)C(OC(=O)NCc2cccnc2)/C=C/C1C. The highest BCUT2D eigenvalue weighted by Crippen LogP contribution is 2.36. The maximum atomic E-state index is 12.8. The molecule has 0 saturated carbocycles. The number of alkyl carbamates (subject to hydrolysis) is 1. The Labute approximate surface area is 267 Å². The van der Waals surface area contributed by atoms with E-state index in [0.717, 1.165) is 17.6 Å². The molecule has 2 aliphatic rings. The number of aromatic nitrogens is 1. The molecule has 0 bridgehead atoms. The Hall–Kier alpha value is -3.05. The van der Waals surface area contributed by atoms with E-state index < -0.39 is 36.0 Å². The van der Waals surface area contributed by atoms with E-state index in [1.54, 1.807) is 37.5 Å². The molecule has 10 atom stereocenters. The highest BCUT2D eigenvalue weighted by Gasteiger charge is 2.45. The van der Waals surface area contributed by atoms with Crippen LogP contribution in [0.1, 0.15) is 79.2 Å². The minimum atomic E-state index is -1.50. The third-order valence-electron chi connectivity index (χ3n) is 8.73. The van der Waals surface area contributed by atoms with Crippen LogP contribution in [0.3, 0.4) is 0 Å². The average Bonchev–Trinajstić information content (AvgIpc) is 3.77. The summed E-state index contributed by atoms with van der Waals surface area (Å²) in [6, 6.07) is 3.60. The molecular weight excluding hydrogens is 576 g/mol. The lowest BCUT2D eigenvalue weighted by Gasteiger charge is -2.32. The largest absolute Gasteiger partial charge is 0.457 e. The molecule has 250 valence electrons. The van der Waals surface area contributed by atoms with Gasteiger partial charge < -0.3 is 34.8 Å². The zero-order valence-corrected chi connectivity index (χ0v) is 27.5. The predicted octanol–water partition coefficient (Wildman–Crippen LogP) is 4.78. The Balaban J connectivity index is 1.69. The van der Waals surface area contributed by atoms with Crippen LogP contribution in [-0.4, -0.2) is 74.6 Å². The number of nitrogens with one attached hydrogen (secondary N) is 1. The summed E-state index contributed by atoms with van der Waals surface area (Å²) >= 11 is 0. The van der Waals surface area contributed by atoms with Gasteiger partial charge in [-0.3, -0.25) is 9.78 Å². The smallest absolute Gasteiger partial charge is 0.408 e. The number of epoxide rings is 1. The fraction of sp³-hybridized carbons (Fsp3) is 0.629. The van der Waals surface area contributed by atoms with Gasteiger partial charge in [0.1, 0.15) is 11.7 Å². The molecule has 1 aromatic heterocycles. The summed E-state index contributed by atoms with van der Waals surface area (Å²) in [6.45, 7) is 11.6. The number of esters is 1. The van der Waals surface area contributed by atoms with Crippen molar-refractivity contribution in [2.45, 2.75) is 122 Å². The second-order valence-electron chi connectivity index (χ2n) is 12.9. The fourth-order valence-electron chi connectivity index (χ4n) is 5.62. The van der Waals surface area contributed by atoms with Crippen LogP contribution in [0.5, 0.6) is 0 Å². The van der Waals surface area contributed by atoms with Gasteiger partial charge in [-0.1, -0.05) is 58.1 Å². The zero-order chi connectivity index (χ0) is 33.1. The monoisotopic (exact) mass is 628 g/mol. The van der Waals surface area contributed by atoms with E-state index in [4.69, 9.17) is 14.2 Å². The second-order valence-corrected chi connectivity index (χ2v) is 12.9. The van der Waals surface area contributed by atoms with Crippen LogP contribution in [0, 0.1) is 17.8 Å². The van der Waals surface area contributed by atoms with Crippen molar-refractivity contribution >= 4 is 12.1 Å². The van der Waals surface area contributed by atoms with Crippen LogP contribution < -0.4 is 5.32 Å². The Kier molecular flexibility index (Phi) is 13.8. The van der Waals surface area contributed by atoms with Gasteiger partial charge >= 0.3 is 12.1 Å². The van der Waals surface area contributed by atoms with E-state index >= 15 is 0 Å². The van der Waals surface area contributed by atoms with Gasteiger partial charge in [0.05, 0.1) is 30.8 Å². The number of hydrogen-bond acceptors (Lipinski definition) is 9. The van der Waals surface area contributed by atoms with Gasteiger partial charge in [-0.25, -0.2) is 4.79 Å². The number of ether oxygens (including phenoxy) is 3. The molecular formula is C35H52N2O8. The van der Waals surface area contributed by atoms with E-state index in [1.165, 1.54) is 0 Å². The topological polar surface area (TPSA) is 151 Å². The molecule has 10 heteroatoms. The summed E-state index contributed by atoms with van der Waals surface area (Å²) in [5, 5.41) is 34.6. The third kappa shape index (κ3) is 11.7. The summed E-state index contributed by atoms with van der Waals surface area (Å²) in [4.78, 5) is 29.5. The fourth-order valence-corrected chi connectivity index (χ4v) is 5.62. The number of carbonyl (C=O) groups excluding carboxylic acids is 2. The van der Waals surface area contributed by atoms with Gasteiger partial charge in [0.25, 0.3) is 0 Å². The first-order chi connectivity index (χ1) is 21.3. The predicted molar refractivity (Wildman–Crippen MR) is 171 cm³/mol. The zero-order valence-electron chi connectivity index (χ0n) is 27.5. The minimum Gasteiger partial charge on any atom is -0.457 e. The number of cyclic esters (lactones) is 1. The van der Waals surface area contributed by atoms with Gasteiger partial charge in [0.15, 0.2) is 6.10 Å². The van der Waals surface area contributed by atoms with Crippen molar-refractivity contribution in [2.75, 3.05) is 0 Å². The van der Waals surface area contributed by atoms with Gasteiger partial charge in [0, 0.05) is 30.8 Å². The molecule has 2 aliphatic heterocycles. The molecule has 1 amide bonds. The summed E-state index contributed by atoms with van der Waals surface area (Å²) in [7, 11) is 0. The first-order valence-corrected chi connectivity index (χ1v) is 16.1.